The molecule has 0 aliphatic rings. The molecule has 4 heteroatoms. The first-order chi connectivity index (χ1) is 6.59. The first-order valence-electron chi connectivity index (χ1n) is 4.07. The van der Waals surface area contributed by atoms with E-state index in [1.807, 2.05) is 0 Å². The summed E-state index contributed by atoms with van der Waals surface area (Å²) in [6.45, 7) is 1.67. The third-order valence-electron chi connectivity index (χ3n) is 2.08. The van der Waals surface area contributed by atoms with E-state index in [4.69, 9.17) is 11.6 Å². The summed E-state index contributed by atoms with van der Waals surface area (Å²) < 4.78 is 12.8. The third-order valence-corrected chi connectivity index (χ3v) is 2.53. The van der Waals surface area contributed by atoms with E-state index in [0.29, 0.717) is 16.6 Å². The minimum atomic E-state index is -0.380. The maximum atomic E-state index is 12.8. The summed E-state index contributed by atoms with van der Waals surface area (Å²) in [6.07, 6.45) is 0. The molecule has 0 spiro atoms. The van der Waals surface area contributed by atoms with Crippen molar-refractivity contribution in [2.45, 2.75) is 6.92 Å². The Morgan fingerprint density at radius 3 is 2.86 bits per heavy atom. The van der Waals surface area contributed by atoms with Gasteiger partial charge in [-0.05, 0) is 25.1 Å². The number of H-pyrrole nitrogens is 1. The smallest absolute Gasteiger partial charge is 0.208 e. The van der Waals surface area contributed by atoms with Gasteiger partial charge in [-0.2, -0.15) is 0 Å². The molecule has 14 heavy (non-hydrogen) atoms. The molecule has 0 fully saturated rings. The summed E-state index contributed by atoms with van der Waals surface area (Å²) in [6, 6.07) is 3.94. The van der Waals surface area contributed by atoms with E-state index in [9.17, 15) is 9.18 Å². The van der Waals surface area contributed by atoms with Gasteiger partial charge in [0.2, 0.25) is 5.43 Å². The maximum Gasteiger partial charge on any atom is 0.208 e. The zero-order chi connectivity index (χ0) is 10.3. The number of nitrogens with one attached hydrogen (secondary N) is 1. The van der Waals surface area contributed by atoms with E-state index in [2.05, 4.69) is 4.98 Å². The van der Waals surface area contributed by atoms with E-state index in [-0.39, 0.29) is 16.3 Å². The van der Waals surface area contributed by atoms with Crippen molar-refractivity contribution in [1.29, 1.82) is 0 Å². The fraction of sp³-hybridized carbons (Fsp3) is 0.100. The van der Waals surface area contributed by atoms with Gasteiger partial charge >= 0.3 is 0 Å². The zero-order valence-corrected chi connectivity index (χ0v) is 8.15. The molecule has 0 radical (unpaired) electrons. The molecule has 1 aromatic heterocycles. The predicted octanol–water partition coefficient (Wildman–Crippen LogP) is 2.63. The number of aromatic nitrogens is 1. The van der Waals surface area contributed by atoms with Gasteiger partial charge in [0.25, 0.3) is 0 Å². The van der Waals surface area contributed by atoms with Crippen LogP contribution in [0.15, 0.2) is 23.0 Å². The molecule has 2 aromatic rings. The predicted molar refractivity (Wildman–Crippen MR) is 54.3 cm³/mol. The number of hydrogen-bond donors (Lipinski definition) is 1. The Hall–Kier alpha value is -1.35. The van der Waals surface area contributed by atoms with E-state index in [1.54, 1.807) is 6.92 Å². The molecule has 2 rings (SSSR count). The lowest BCUT2D eigenvalue weighted by molar-refractivity contribution is 0.629. The zero-order valence-electron chi connectivity index (χ0n) is 7.40. The number of aromatic amines is 1. The number of aryl methyl sites for hydroxylation is 1. The first-order valence-corrected chi connectivity index (χ1v) is 4.45. The summed E-state index contributed by atoms with van der Waals surface area (Å²) in [7, 11) is 0. The molecule has 0 unspecified atom stereocenters. The molecule has 0 saturated heterocycles. The van der Waals surface area contributed by atoms with Gasteiger partial charge in [-0.15, -0.1) is 0 Å². The number of fused-ring (bicyclic) bond motifs is 1. The fourth-order valence-electron chi connectivity index (χ4n) is 1.36. The van der Waals surface area contributed by atoms with Crippen LogP contribution in [-0.4, -0.2) is 4.98 Å². The Kier molecular flexibility index (Phi) is 2.04. The Bertz CT molecular complexity index is 562. The second kappa shape index (κ2) is 3.10. The standard InChI is InChI=1S/C10H7ClFNO/c1-5-9(11)10(14)7-3-2-6(12)4-8(7)13-5/h2-4H,1H3,(H,13,14). The van der Waals surface area contributed by atoms with E-state index in [0.717, 1.165) is 0 Å². The summed E-state index contributed by atoms with van der Waals surface area (Å²) in [5.74, 6) is -0.380. The van der Waals surface area contributed by atoms with Crippen LogP contribution >= 0.6 is 11.6 Å². The van der Waals surface area contributed by atoms with Crippen LogP contribution in [0.3, 0.4) is 0 Å². The summed E-state index contributed by atoms with van der Waals surface area (Å²) in [5, 5.41) is 0.561. The quantitative estimate of drug-likeness (QED) is 0.714. The van der Waals surface area contributed by atoms with Gasteiger partial charge in [0, 0.05) is 11.1 Å². The van der Waals surface area contributed by atoms with Crippen LogP contribution < -0.4 is 5.43 Å². The SMILES string of the molecule is Cc1[nH]c2cc(F)ccc2c(=O)c1Cl. The van der Waals surface area contributed by atoms with Crippen molar-refractivity contribution >= 4 is 22.5 Å². The minimum absolute atomic E-state index is 0.157. The number of benzene rings is 1. The first kappa shape index (κ1) is 9.21. The number of rotatable bonds is 0. The number of pyridine rings is 1. The van der Waals surface area contributed by atoms with Crippen molar-refractivity contribution in [2.24, 2.45) is 0 Å². The average molecular weight is 212 g/mol. The highest BCUT2D eigenvalue weighted by molar-refractivity contribution is 6.31. The van der Waals surface area contributed by atoms with Gasteiger partial charge in [-0.1, -0.05) is 11.6 Å². The van der Waals surface area contributed by atoms with Crippen molar-refractivity contribution < 1.29 is 4.39 Å². The third kappa shape index (κ3) is 1.30. The van der Waals surface area contributed by atoms with Crippen LogP contribution in [0.5, 0.6) is 0 Å². The highest BCUT2D eigenvalue weighted by Gasteiger charge is 2.06. The van der Waals surface area contributed by atoms with Crippen LogP contribution in [-0.2, 0) is 0 Å². The molecule has 0 bridgehead atoms. The van der Waals surface area contributed by atoms with Gasteiger partial charge in [0.15, 0.2) is 0 Å². The van der Waals surface area contributed by atoms with Crippen LogP contribution in [0.25, 0.3) is 10.9 Å². The molecule has 0 amide bonds. The highest BCUT2D eigenvalue weighted by atomic mass is 35.5. The molecule has 0 saturated carbocycles. The van der Waals surface area contributed by atoms with E-state index >= 15 is 0 Å². The molecule has 72 valence electrons. The summed E-state index contributed by atoms with van der Waals surface area (Å²) in [5.41, 5.74) is 0.754. The van der Waals surface area contributed by atoms with Crippen LogP contribution in [0.4, 0.5) is 4.39 Å². The number of hydrogen-bond acceptors (Lipinski definition) is 1. The molecule has 0 aliphatic carbocycles. The molecular weight excluding hydrogens is 205 g/mol. The molecular formula is C10H7ClFNO. The monoisotopic (exact) mass is 211 g/mol. The average Bonchev–Trinajstić information content (AvgIpc) is 2.14. The van der Waals surface area contributed by atoms with E-state index < -0.39 is 0 Å². The van der Waals surface area contributed by atoms with Crippen LogP contribution in [0.2, 0.25) is 5.02 Å². The van der Waals surface area contributed by atoms with Crippen LogP contribution in [0.1, 0.15) is 5.69 Å². The van der Waals surface area contributed by atoms with Gasteiger partial charge < -0.3 is 4.98 Å². The topological polar surface area (TPSA) is 32.9 Å². The van der Waals surface area contributed by atoms with Crippen molar-refractivity contribution in [3.63, 3.8) is 0 Å². The molecule has 0 aliphatic heterocycles. The summed E-state index contributed by atoms with van der Waals surface area (Å²) in [4.78, 5) is 14.5. The Balaban J connectivity index is 2.98. The molecule has 1 N–H and O–H groups in total. The normalized spacial score (nSPS) is 10.8. The summed E-state index contributed by atoms with van der Waals surface area (Å²) >= 11 is 5.76. The molecule has 0 atom stereocenters. The van der Waals surface area contributed by atoms with Gasteiger partial charge in [0.05, 0.1) is 5.52 Å². The van der Waals surface area contributed by atoms with Crippen molar-refractivity contribution in [3.8, 4) is 0 Å². The molecule has 1 aromatic carbocycles. The van der Waals surface area contributed by atoms with Crippen LogP contribution in [0, 0.1) is 12.7 Å². The second-order valence-electron chi connectivity index (χ2n) is 3.08. The minimum Gasteiger partial charge on any atom is -0.357 e. The lowest BCUT2D eigenvalue weighted by Gasteiger charge is -2.02. The lowest BCUT2D eigenvalue weighted by atomic mass is 10.2. The fourth-order valence-corrected chi connectivity index (χ4v) is 1.51. The van der Waals surface area contributed by atoms with Crippen molar-refractivity contribution in [2.75, 3.05) is 0 Å². The second-order valence-corrected chi connectivity index (χ2v) is 3.46. The van der Waals surface area contributed by atoms with E-state index in [1.165, 1.54) is 18.2 Å². The van der Waals surface area contributed by atoms with Gasteiger partial charge in [0.1, 0.15) is 10.8 Å². The Morgan fingerprint density at radius 2 is 2.14 bits per heavy atom. The van der Waals surface area contributed by atoms with Crippen molar-refractivity contribution in [1.82, 2.24) is 4.98 Å². The lowest BCUT2D eigenvalue weighted by Crippen LogP contribution is -2.06. The Morgan fingerprint density at radius 1 is 1.43 bits per heavy atom. The number of halogens is 2. The molecule has 2 nitrogen and oxygen atoms in total. The highest BCUT2D eigenvalue weighted by Crippen LogP contribution is 2.15. The largest absolute Gasteiger partial charge is 0.357 e. The molecule has 1 heterocycles. The van der Waals surface area contributed by atoms with Gasteiger partial charge in [-0.25, -0.2) is 4.39 Å². The maximum absolute atomic E-state index is 12.8. The van der Waals surface area contributed by atoms with Gasteiger partial charge in [-0.3, -0.25) is 4.79 Å². The van der Waals surface area contributed by atoms with Crippen molar-refractivity contribution in [3.05, 3.63) is 45.0 Å². The Labute approximate surface area is 84.3 Å².